The lowest BCUT2D eigenvalue weighted by molar-refractivity contribution is -0.117. The summed E-state index contributed by atoms with van der Waals surface area (Å²) in [5.74, 6) is -4.87. The molecule has 2 heterocycles. The van der Waals surface area contributed by atoms with E-state index < -0.39 is 57.2 Å². The second-order valence-corrected chi connectivity index (χ2v) is 13.3. The quantitative estimate of drug-likeness (QED) is 0.297. The van der Waals surface area contributed by atoms with Crippen LogP contribution < -0.4 is 16.4 Å². The molecule has 0 radical (unpaired) electrons. The fourth-order valence-corrected chi connectivity index (χ4v) is 8.01. The normalized spacial score (nSPS) is 20.9. The standard InChI is InChI=1S/C30H33F4N5O3S/c1-17-13-36-14-23(39(17)43(41,42)24-7-8-24)6-9-25-26(34)15-37-16-27(25)38-30(40)29(35)28(18-2-4-20(31)5-3-18)19-10-21(32)12-22(33)11-19/h2-5,10-12,15-17,23-24,28-29,36H,6-9,13-14,35H2,1H3,(H,38,40)/t17-,23+,28?,29+/m1/s1. The number of carbonyl (C=O) groups is 1. The number of nitrogens with one attached hydrogen (secondary N) is 2. The SMILES string of the molecule is C[C@@H]1CNC[C@H](CCc2c(F)cncc2NC(=O)[C@@H](N)C(c2ccc(F)cc2)c2cc(F)cc(F)c2)N1S(=O)(=O)C1CC1. The lowest BCUT2D eigenvalue weighted by Crippen LogP contribution is -2.59. The van der Waals surface area contributed by atoms with Gasteiger partial charge in [-0.25, -0.2) is 26.0 Å². The molecule has 4 atom stereocenters. The Bertz CT molecular complexity index is 1570. The first-order valence-corrected chi connectivity index (χ1v) is 15.6. The van der Waals surface area contributed by atoms with Crippen molar-refractivity contribution in [1.29, 1.82) is 0 Å². The van der Waals surface area contributed by atoms with Crippen LogP contribution >= 0.6 is 0 Å². The fraction of sp³-hybridized carbons (Fsp3) is 0.400. The van der Waals surface area contributed by atoms with Crippen LogP contribution in [0.3, 0.4) is 0 Å². The van der Waals surface area contributed by atoms with E-state index in [1.165, 1.54) is 18.3 Å². The Balaban J connectivity index is 1.38. The van der Waals surface area contributed by atoms with Crippen LogP contribution in [0.15, 0.2) is 54.9 Å². The van der Waals surface area contributed by atoms with Gasteiger partial charge in [0.05, 0.1) is 29.4 Å². The Hall–Kier alpha value is -3.39. The van der Waals surface area contributed by atoms with Gasteiger partial charge in [0.1, 0.15) is 23.3 Å². The summed E-state index contributed by atoms with van der Waals surface area (Å²) < 4.78 is 84.9. The first kappa shape index (κ1) is 31.0. The number of nitrogens with zero attached hydrogens (tertiary/aromatic N) is 2. The zero-order chi connectivity index (χ0) is 30.9. The summed E-state index contributed by atoms with van der Waals surface area (Å²) in [7, 11) is -3.49. The number of hydrogen-bond donors (Lipinski definition) is 3. The van der Waals surface area contributed by atoms with Crippen LogP contribution in [0.2, 0.25) is 0 Å². The maximum atomic E-state index is 15.1. The lowest BCUT2D eigenvalue weighted by atomic mass is 9.84. The molecule has 1 saturated heterocycles. The van der Waals surface area contributed by atoms with Crippen LogP contribution in [-0.4, -0.2) is 60.1 Å². The molecule has 230 valence electrons. The summed E-state index contributed by atoms with van der Waals surface area (Å²) in [4.78, 5) is 17.3. The number of nitrogens with two attached hydrogens (primary N) is 1. The van der Waals surface area contributed by atoms with Gasteiger partial charge in [-0.1, -0.05) is 12.1 Å². The molecule has 2 aliphatic rings. The molecular weight excluding hydrogens is 586 g/mol. The number of aromatic nitrogens is 1. The van der Waals surface area contributed by atoms with E-state index >= 15 is 4.39 Å². The predicted octanol–water partition coefficient (Wildman–Crippen LogP) is 3.82. The molecule has 0 spiro atoms. The van der Waals surface area contributed by atoms with Gasteiger partial charge >= 0.3 is 0 Å². The molecule has 1 aliphatic carbocycles. The van der Waals surface area contributed by atoms with Crippen molar-refractivity contribution < 1.29 is 30.8 Å². The average molecular weight is 620 g/mol. The van der Waals surface area contributed by atoms with Gasteiger partial charge in [-0.2, -0.15) is 4.31 Å². The van der Waals surface area contributed by atoms with Crippen molar-refractivity contribution in [3.8, 4) is 0 Å². The second-order valence-electron chi connectivity index (χ2n) is 11.2. The number of halogens is 4. The van der Waals surface area contributed by atoms with Gasteiger partial charge in [-0.3, -0.25) is 9.78 Å². The van der Waals surface area contributed by atoms with Gasteiger partial charge in [0.2, 0.25) is 15.9 Å². The van der Waals surface area contributed by atoms with Gasteiger partial charge in [-0.15, -0.1) is 0 Å². The van der Waals surface area contributed by atoms with Gasteiger partial charge in [0.15, 0.2) is 0 Å². The molecule has 4 N–H and O–H groups in total. The number of carbonyl (C=O) groups excluding carboxylic acids is 1. The summed E-state index contributed by atoms with van der Waals surface area (Å²) in [6.45, 7) is 2.75. The van der Waals surface area contributed by atoms with E-state index in [9.17, 15) is 26.4 Å². The Morgan fingerprint density at radius 2 is 1.70 bits per heavy atom. The Kier molecular flexibility index (Phi) is 9.16. The van der Waals surface area contributed by atoms with E-state index in [1.54, 1.807) is 4.31 Å². The van der Waals surface area contributed by atoms with Crippen molar-refractivity contribution in [3.05, 3.63) is 94.8 Å². The number of pyridine rings is 1. The minimum Gasteiger partial charge on any atom is -0.323 e. The molecular formula is C30H33F4N5O3S. The minimum absolute atomic E-state index is 0.0390. The molecule has 1 aromatic heterocycles. The summed E-state index contributed by atoms with van der Waals surface area (Å²) in [6.07, 6.45) is 3.89. The van der Waals surface area contributed by atoms with Crippen molar-refractivity contribution in [2.75, 3.05) is 18.4 Å². The van der Waals surface area contributed by atoms with Gasteiger partial charge in [0, 0.05) is 42.7 Å². The zero-order valence-corrected chi connectivity index (χ0v) is 24.3. The molecule has 1 saturated carbocycles. The first-order valence-electron chi connectivity index (χ1n) is 14.1. The highest BCUT2D eigenvalue weighted by molar-refractivity contribution is 7.90. The molecule has 1 unspecified atom stereocenters. The minimum atomic E-state index is -3.49. The largest absolute Gasteiger partial charge is 0.323 e. The van der Waals surface area contributed by atoms with Crippen LogP contribution in [0.1, 0.15) is 48.8 Å². The lowest BCUT2D eigenvalue weighted by Gasteiger charge is -2.40. The maximum Gasteiger partial charge on any atom is 0.242 e. The molecule has 8 nitrogen and oxygen atoms in total. The number of hydrogen-bond acceptors (Lipinski definition) is 6. The van der Waals surface area contributed by atoms with Crippen LogP contribution in [-0.2, 0) is 21.2 Å². The van der Waals surface area contributed by atoms with Crippen molar-refractivity contribution >= 4 is 21.6 Å². The number of amides is 1. The average Bonchev–Trinajstić information content (AvgIpc) is 3.80. The van der Waals surface area contributed by atoms with E-state index in [0.29, 0.717) is 37.6 Å². The van der Waals surface area contributed by atoms with Gasteiger partial charge in [-0.05, 0) is 68.0 Å². The molecule has 0 bridgehead atoms. The number of sulfonamides is 1. The second kappa shape index (κ2) is 12.7. The van der Waals surface area contributed by atoms with Crippen LogP contribution in [0.25, 0.3) is 0 Å². The van der Waals surface area contributed by atoms with Crippen LogP contribution in [0.4, 0.5) is 23.2 Å². The highest BCUT2D eigenvalue weighted by Gasteiger charge is 2.45. The molecule has 13 heteroatoms. The number of rotatable bonds is 10. The number of anilines is 1. The highest BCUT2D eigenvalue weighted by Crippen LogP contribution is 2.35. The van der Waals surface area contributed by atoms with E-state index in [2.05, 4.69) is 15.6 Å². The molecule has 1 amide bonds. The Morgan fingerprint density at radius 3 is 2.35 bits per heavy atom. The smallest absolute Gasteiger partial charge is 0.242 e. The molecule has 2 fully saturated rings. The topological polar surface area (TPSA) is 117 Å². The summed E-state index contributed by atoms with van der Waals surface area (Å²) >= 11 is 0. The van der Waals surface area contributed by atoms with Crippen molar-refractivity contribution in [2.45, 2.75) is 61.9 Å². The molecule has 2 aromatic carbocycles. The monoisotopic (exact) mass is 619 g/mol. The molecule has 5 rings (SSSR count). The van der Waals surface area contributed by atoms with Crippen molar-refractivity contribution in [3.63, 3.8) is 0 Å². The van der Waals surface area contributed by atoms with E-state index in [-0.39, 0.29) is 40.9 Å². The summed E-state index contributed by atoms with van der Waals surface area (Å²) in [5.41, 5.74) is 6.91. The van der Waals surface area contributed by atoms with Gasteiger partial charge in [0.25, 0.3) is 0 Å². The van der Waals surface area contributed by atoms with E-state index in [0.717, 1.165) is 30.5 Å². The van der Waals surface area contributed by atoms with E-state index in [4.69, 9.17) is 5.73 Å². The van der Waals surface area contributed by atoms with E-state index in [1.807, 2.05) is 6.92 Å². The predicted molar refractivity (Wildman–Crippen MR) is 154 cm³/mol. The number of piperazine rings is 1. The Labute approximate surface area is 247 Å². The molecule has 1 aliphatic heterocycles. The zero-order valence-electron chi connectivity index (χ0n) is 23.4. The fourth-order valence-electron chi connectivity index (χ4n) is 5.76. The third-order valence-corrected chi connectivity index (χ3v) is 10.5. The van der Waals surface area contributed by atoms with Crippen molar-refractivity contribution in [1.82, 2.24) is 14.6 Å². The van der Waals surface area contributed by atoms with Gasteiger partial charge < -0.3 is 16.4 Å². The summed E-state index contributed by atoms with van der Waals surface area (Å²) in [5, 5.41) is 5.46. The summed E-state index contributed by atoms with van der Waals surface area (Å²) in [6, 6.07) is 5.68. The molecule has 43 heavy (non-hydrogen) atoms. The van der Waals surface area contributed by atoms with Crippen LogP contribution in [0, 0.1) is 23.3 Å². The third kappa shape index (κ3) is 6.90. The maximum absolute atomic E-state index is 15.1. The van der Waals surface area contributed by atoms with Crippen LogP contribution in [0.5, 0.6) is 0 Å². The Morgan fingerprint density at radius 1 is 1.02 bits per heavy atom. The highest BCUT2D eigenvalue weighted by atomic mass is 32.2. The first-order chi connectivity index (χ1) is 20.5. The third-order valence-electron chi connectivity index (χ3n) is 7.98. The number of benzene rings is 2. The van der Waals surface area contributed by atoms with Crippen molar-refractivity contribution in [2.24, 2.45) is 5.73 Å². The molecule has 3 aromatic rings.